The molecular weight excluding hydrogens is 254 g/mol. The molecule has 5 heteroatoms. The maximum absolute atomic E-state index is 5.70. The summed E-state index contributed by atoms with van der Waals surface area (Å²) in [6.45, 7) is 3.63. The lowest BCUT2D eigenvalue weighted by atomic mass is 10.2. The zero-order chi connectivity index (χ0) is 13.6. The number of rotatable bonds is 5. The fraction of sp³-hybridized carbons (Fsp3) is 0.467. The summed E-state index contributed by atoms with van der Waals surface area (Å²) in [6, 6.07) is 10.2. The minimum absolute atomic E-state index is 0.644. The van der Waals surface area contributed by atoms with Crippen LogP contribution in [0, 0.1) is 0 Å². The lowest BCUT2D eigenvalue weighted by Gasteiger charge is -2.07. The Morgan fingerprint density at radius 3 is 2.95 bits per heavy atom. The van der Waals surface area contributed by atoms with Crippen LogP contribution >= 0.6 is 0 Å². The molecule has 0 bridgehead atoms. The van der Waals surface area contributed by atoms with E-state index < -0.39 is 0 Å². The van der Waals surface area contributed by atoms with Gasteiger partial charge in [0.15, 0.2) is 0 Å². The van der Waals surface area contributed by atoms with Crippen molar-refractivity contribution >= 4 is 0 Å². The molecule has 1 aliphatic heterocycles. The van der Waals surface area contributed by atoms with E-state index in [1.807, 2.05) is 18.2 Å². The molecule has 106 valence electrons. The predicted molar refractivity (Wildman–Crippen MR) is 74.3 cm³/mol. The highest BCUT2D eigenvalue weighted by molar-refractivity contribution is 5.13. The normalized spacial score (nSPS) is 14.8. The van der Waals surface area contributed by atoms with Gasteiger partial charge in [-0.05, 0) is 5.56 Å². The van der Waals surface area contributed by atoms with Gasteiger partial charge in [-0.2, -0.15) is 0 Å². The van der Waals surface area contributed by atoms with Crippen LogP contribution in [-0.4, -0.2) is 34.6 Å². The van der Waals surface area contributed by atoms with E-state index in [2.05, 4.69) is 26.9 Å². The smallest absolute Gasteiger partial charge is 0.135 e. The van der Waals surface area contributed by atoms with Gasteiger partial charge >= 0.3 is 0 Å². The van der Waals surface area contributed by atoms with Crippen molar-refractivity contribution in [2.75, 3.05) is 19.8 Å². The molecule has 0 unspecified atom stereocenters. The van der Waals surface area contributed by atoms with Crippen molar-refractivity contribution in [3.05, 3.63) is 47.5 Å². The zero-order valence-corrected chi connectivity index (χ0v) is 11.5. The monoisotopic (exact) mass is 273 g/mol. The molecule has 0 fully saturated rings. The first kappa shape index (κ1) is 13.3. The molecule has 2 heterocycles. The van der Waals surface area contributed by atoms with Crippen LogP contribution in [0.15, 0.2) is 30.3 Å². The third-order valence-corrected chi connectivity index (χ3v) is 3.41. The number of aromatic nitrogens is 3. The van der Waals surface area contributed by atoms with E-state index in [1.54, 1.807) is 0 Å². The number of nitrogens with zero attached hydrogens (tertiary/aromatic N) is 3. The van der Waals surface area contributed by atoms with Crippen molar-refractivity contribution in [3.8, 4) is 0 Å². The van der Waals surface area contributed by atoms with Gasteiger partial charge in [0.25, 0.3) is 0 Å². The minimum Gasteiger partial charge on any atom is -0.379 e. The molecule has 0 aliphatic carbocycles. The number of ether oxygens (including phenoxy) is 2. The van der Waals surface area contributed by atoms with Crippen LogP contribution < -0.4 is 0 Å². The Hall–Kier alpha value is -1.72. The Balaban J connectivity index is 1.50. The highest BCUT2D eigenvalue weighted by atomic mass is 16.5. The van der Waals surface area contributed by atoms with Gasteiger partial charge in [-0.25, -0.2) is 0 Å². The third-order valence-electron chi connectivity index (χ3n) is 3.41. The molecule has 0 radical (unpaired) electrons. The van der Waals surface area contributed by atoms with E-state index in [0.717, 1.165) is 44.2 Å². The van der Waals surface area contributed by atoms with Crippen molar-refractivity contribution in [3.63, 3.8) is 0 Å². The molecule has 1 aromatic heterocycles. The van der Waals surface area contributed by atoms with Crippen molar-refractivity contribution in [2.24, 2.45) is 0 Å². The second-order valence-electron chi connectivity index (χ2n) is 4.83. The summed E-state index contributed by atoms with van der Waals surface area (Å²) in [6.07, 6.45) is 1.64. The largest absolute Gasteiger partial charge is 0.379 e. The highest BCUT2D eigenvalue weighted by Crippen LogP contribution is 2.08. The maximum Gasteiger partial charge on any atom is 0.135 e. The molecule has 0 N–H and O–H groups in total. The van der Waals surface area contributed by atoms with Gasteiger partial charge in [-0.1, -0.05) is 30.3 Å². The molecule has 1 aromatic carbocycles. The molecular formula is C15H19N3O2. The molecule has 1 aliphatic rings. The van der Waals surface area contributed by atoms with Crippen molar-refractivity contribution in [1.29, 1.82) is 0 Å². The first-order chi connectivity index (χ1) is 9.93. The summed E-state index contributed by atoms with van der Waals surface area (Å²) in [5.41, 5.74) is 1.20. The minimum atomic E-state index is 0.644. The predicted octanol–water partition coefficient (Wildman–Crippen LogP) is 1.61. The van der Waals surface area contributed by atoms with Crippen LogP contribution in [0.5, 0.6) is 0 Å². The lowest BCUT2D eigenvalue weighted by molar-refractivity contribution is 0.120. The van der Waals surface area contributed by atoms with Crippen molar-refractivity contribution in [2.45, 2.75) is 26.0 Å². The lowest BCUT2D eigenvalue weighted by Crippen LogP contribution is -2.10. The average molecular weight is 273 g/mol. The summed E-state index contributed by atoms with van der Waals surface area (Å²) in [5.74, 6) is 2.03. The number of fused-ring (bicyclic) bond motifs is 1. The Morgan fingerprint density at radius 1 is 1.15 bits per heavy atom. The second-order valence-corrected chi connectivity index (χ2v) is 4.83. The van der Waals surface area contributed by atoms with Gasteiger partial charge in [-0.3, -0.25) is 0 Å². The summed E-state index contributed by atoms with van der Waals surface area (Å²) < 4.78 is 13.3. The van der Waals surface area contributed by atoms with Crippen LogP contribution in [0.3, 0.4) is 0 Å². The topological polar surface area (TPSA) is 49.2 Å². The van der Waals surface area contributed by atoms with Crippen molar-refractivity contribution in [1.82, 2.24) is 14.8 Å². The van der Waals surface area contributed by atoms with Gasteiger partial charge in [-0.15, -0.1) is 10.2 Å². The quantitative estimate of drug-likeness (QED) is 0.777. The van der Waals surface area contributed by atoms with E-state index in [4.69, 9.17) is 9.47 Å². The van der Waals surface area contributed by atoms with Crippen LogP contribution in [0.2, 0.25) is 0 Å². The van der Waals surface area contributed by atoms with E-state index in [0.29, 0.717) is 13.2 Å². The van der Waals surface area contributed by atoms with Gasteiger partial charge in [0.05, 0.1) is 26.4 Å². The third kappa shape index (κ3) is 3.23. The Bertz CT molecular complexity index is 539. The fourth-order valence-corrected chi connectivity index (χ4v) is 2.35. The first-order valence-electron chi connectivity index (χ1n) is 7.04. The molecule has 5 nitrogen and oxygen atoms in total. The Morgan fingerprint density at radius 2 is 2.05 bits per heavy atom. The number of hydrogen-bond donors (Lipinski definition) is 0. The van der Waals surface area contributed by atoms with E-state index in [9.17, 15) is 0 Å². The summed E-state index contributed by atoms with van der Waals surface area (Å²) in [7, 11) is 0. The fourth-order valence-electron chi connectivity index (χ4n) is 2.35. The van der Waals surface area contributed by atoms with Crippen LogP contribution in [0.1, 0.15) is 17.2 Å². The SMILES string of the molecule is c1ccc(COCCc2nnc3n2CCOCC3)cc1. The van der Waals surface area contributed by atoms with E-state index in [1.165, 1.54) is 5.56 Å². The van der Waals surface area contributed by atoms with E-state index in [-0.39, 0.29) is 0 Å². The van der Waals surface area contributed by atoms with Gasteiger partial charge in [0, 0.05) is 19.4 Å². The van der Waals surface area contributed by atoms with Crippen molar-refractivity contribution < 1.29 is 9.47 Å². The average Bonchev–Trinajstić information content (AvgIpc) is 2.72. The van der Waals surface area contributed by atoms with Gasteiger partial charge in [0.1, 0.15) is 11.6 Å². The molecule has 0 amide bonds. The number of benzene rings is 1. The first-order valence-corrected chi connectivity index (χ1v) is 7.04. The summed E-state index contributed by atoms with van der Waals surface area (Å²) >= 11 is 0. The maximum atomic E-state index is 5.70. The van der Waals surface area contributed by atoms with Crippen LogP contribution in [0.4, 0.5) is 0 Å². The second kappa shape index (κ2) is 6.63. The molecule has 20 heavy (non-hydrogen) atoms. The Kier molecular flexibility index (Phi) is 4.40. The Labute approximate surface area is 118 Å². The molecule has 0 atom stereocenters. The molecule has 2 aromatic rings. The molecule has 0 saturated heterocycles. The summed E-state index contributed by atoms with van der Waals surface area (Å²) in [4.78, 5) is 0. The number of hydrogen-bond acceptors (Lipinski definition) is 4. The summed E-state index contributed by atoms with van der Waals surface area (Å²) in [5, 5.41) is 8.49. The molecule has 0 saturated carbocycles. The molecule has 3 rings (SSSR count). The standard InChI is InChI=1S/C15H19N3O2/c1-2-4-13(5-3-1)12-20-10-7-15-17-16-14-6-9-19-11-8-18(14)15/h1-5H,6-12H2. The highest BCUT2D eigenvalue weighted by Gasteiger charge is 2.14. The van der Waals surface area contributed by atoms with E-state index >= 15 is 0 Å². The zero-order valence-electron chi connectivity index (χ0n) is 11.5. The van der Waals surface area contributed by atoms with Gasteiger partial charge in [0.2, 0.25) is 0 Å². The van der Waals surface area contributed by atoms with Crippen LogP contribution in [0.25, 0.3) is 0 Å². The van der Waals surface area contributed by atoms with Crippen LogP contribution in [-0.2, 0) is 35.5 Å². The van der Waals surface area contributed by atoms with Gasteiger partial charge < -0.3 is 14.0 Å². The molecule has 0 spiro atoms.